The van der Waals surface area contributed by atoms with Gasteiger partial charge in [0.1, 0.15) is 0 Å². The Morgan fingerprint density at radius 2 is 2.00 bits per heavy atom. The maximum atomic E-state index is 12.4. The Hall–Kier alpha value is 0.510. The molecular formula is C6H11Cl2F. The number of hydrogen-bond acceptors (Lipinski definition) is 0. The standard InChI is InChI=1S/C6H11Cl2F/c1-6(8,9)4-2-3-5-7/h2-5H2,1H3. The lowest BCUT2D eigenvalue weighted by molar-refractivity contribution is 0.280. The monoisotopic (exact) mass is 172 g/mol. The summed E-state index contributed by atoms with van der Waals surface area (Å²) in [7, 11) is 0. The van der Waals surface area contributed by atoms with Gasteiger partial charge in [-0.1, -0.05) is 11.6 Å². The molecule has 0 aliphatic heterocycles. The lowest BCUT2D eigenvalue weighted by Gasteiger charge is -2.09. The largest absolute Gasteiger partial charge is 0.227 e. The molecule has 0 aromatic heterocycles. The van der Waals surface area contributed by atoms with Gasteiger partial charge in [-0.05, 0) is 26.2 Å². The van der Waals surface area contributed by atoms with Crippen LogP contribution in [0.3, 0.4) is 0 Å². The molecule has 0 heterocycles. The van der Waals surface area contributed by atoms with Gasteiger partial charge in [-0.15, -0.1) is 11.6 Å². The van der Waals surface area contributed by atoms with E-state index in [1.54, 1.807) is 0 Å². The van der Waals surface area contributed by atoms with E-state index < -0.39 is 5.13 Å². The highest BCUT2D eigenvalue weighted by atomic mass is 35.5. The van der Waals surface area contributed by atoms with Crippen molar-refractivity contribution in [1.29, 1.82) is 0 Å². The molecule has 0 radical (unpaired) electrons. The highest BCUT2D eigenvalue weighted by Crippen LogP contribution is 2.22. The van der Waals surface area contributed by atoms with E-state index in [2.05, 4.69) is 0 Å². The van der Waals surface area contributed by atoms with E-state index in [4.69, 9.17) is 23.2 Å². The second kappa shape index (κ2) is 4.35. The van der Waals surface area contributed by atoms with Gasteiger partial charge in [-0.3, -0.25) is 0 Å². The lowest BCUT2D eigenvalue weighted by Crippen LogP contribution is -2.06. The number of hydrogen-bond donors (Lipinski definition) is 0. The fourth-order valence-electron chi connectivity index (χ4n) is 0.530. The first-order valence-electron chi connectivity index (χ1n) is 3.00. The minimum atomic E-state index is -1.54. The number of alkyl halides is 3. The highest BCUT2D eigenvalue weighted by molar-refractivity contribution is 6.22. The Labute approximate surface area is 65.3 Å². The van der Waals surface area contributed by atoms with Crippen molar-refractivity contribution in [3.63, 3.8) is 0 Å². The minimum absolute atomic E-state index is 0.390. The van der Waals surface area contributed by atoms with E-state index in [0.717, 1.165) is 12.8 Å². The van der Waals surface area contributed by atoms with Crippen molar-refractivity contribution < 1.29 is 4.39 Å². The van der Waals surface area contributed by atoms with Crippen molar-refractivity contribution in [2.24, 2.45) is 0 Å². The Bertz CT molecular complexity index is 67.9. The van der Waals surface area contributed by atoms with Crippen molar-refractivity contribution in [2.45, 2.75) is 31.3 Å². The van der Waals surface area contributed by atoms with Crippen LogP contribution >= 0.6 is 23.2 Å². The lowest BCUT2D eigenvalue weighted by atomic mass is 10.2. The van der Waals surface area contributed by atoms with Crippen LogP contribution < -0.4 is 0 Å². The summed E-state index contributed by atoms with van der Waals surface area (Å²) in [6, 6.07) is 0. The molecule has 9 heavy (non-hydrogen) atoms. The summed E-state index contributed by atoms with van der Waals surface area (Å²) in [4.78, 5) is 0. The summed E-state index contributed by atoms with van der Waals surface area (Å²) in [6.07, 6.45) is 2.00. The van der Waals surface area contributed by atoms with Crippen molar-refractivity contribution >= 4 is 23.2 Å². The topological polar surface area (TPSA) is 0 Å². The van der Waals surface area contributed by atoms with E-state index in [-0.39, 0.29) is 0 Å². The third-order valence-corrected chi connectivity index (χ3v) is 1.46. The predicted octanol–water partition coefficient (Wildman–Crippen LogP) is 3.32. The molecule has 0 amide bonds. The molecule has 0 aromatic rings. The van der Waals surface area contributed by atoms with E-state index in [9.17, 15) is 4.39 Å². The van der Waals surface area contributed by atoms with Gasteiger partial charge in [0.25, 0.3) is 0 Å². The van der Waals surface area contributed by atoms with Crippen LogP contribution in [-0.4, -0.2) is 11.0 Å². The van der Waals surface area contributed by atoms with Crippen LogP contribution in [0.4, 0.5) is 4.39 Å². The zero-order valence-corrected chi connectivity index (χ0v) is 6.97. The summed E-state index contributed by atoms with van der Waals surface area (Å²) in [5.41, 5.74) is 0. The molecule has 0 aliphatic carbocycles. The number of halogens is 3. The third-order valence-electron chi connectivity index (χ3n) is 0.999. The van der Waals surface area contributed by atoms with Crippen LogP contribution in [0.15, 0.2) is 0 Å². The molecule has 0 N–H and O–H groups in total. The Balaban J connectivity index is 3.07. The van der Waals surface area contributed by atoms with Gasteiger partial charge < -0.3 is 0 Å². The van der Waals surface area contributed by atoms with Crippen LogP contribution in [0.2, 0.25) is 0 Å². The van der Waals surface area contributed by atoms with Gasteiger partial charge >= 0.3 is 0 Å². The summed E-state index contributed by atoms with van der Waals surface area (Å²) >= 11 is 10.6. The van der Waals surface area contributed by atoms with Crippen molar-refractivity contribution in [1.82, 2.24) is 0 Å². The van der Waals surface area contributed by atoms with E-state index in [1.807, 2.05) is 0 Å². The SMILES string of the molecule is CC(F)(Cl)CCCCCl. The summed E-state index contributed by atoms with van der Waals surface area (Å²) < 4.78 is 12.4. The van der Waals surface area contributed by atoms with Crippen LogP contribution in [0.1, 0.15) is 26.2 Å². The first-order chi connectivity index (χ1) is 4.06. The second-order valence-electron chi connectivity index (χ2n) is 2.22. The Kier molecular flexibility index (Phi) is 4.59. The maximum Gasteiger partial charge on any atom is 0.180 e. The highest BCUT2D eigenvalue weighted by Gasteiger charge is 2.16. The molecule has 1 unspecified atom stereocenters. The van der Waals surface area contributed by atoms with Crippen molar-refractivity contribution in [3.8, 4) is 0 Å². The second-order valence-corrected chi connectivity index (χ2v) is 3.38. The van der Waals surface area contributed by atoms with Gasteiger partial charge in [-0.2, -0.15) is 0 Å². The molecule has 0 saturated carbocycles. The Morgan fingerprint density at radius 1 is 1.44 bits per heavy atom. The molecule has 0 rings (SSSR count). The molecule has 0 spiro atoms. The fourth-order valence-corrected chi connectivity index (χ4v) is 0.853. The van der Waals surface area contributed by atoms with Crippen LogP contribution in [0, 0.1) is 0 Å². The van der Waals surface area contributed by atoms with E-state index >= 15 is 0 Å². The average molecular weight is 173 g/mol. The van der Waals surface area contributed by atoms with Crippen LogP contribution in [-0.2, 0) is 0 Å². The van der Waals surface area contributed by atoms with Gasteiger partial charge in [0.05, 0.1) is 0 Å². The summed E-state index contributed by atoms with van der Waals surface area (Å²) in [6.45, 7) is 1.36. The van der Waals surface area contributed by atoms with Crippen molar-refractivity contribution in [2.75, 3.05) is 5.88 Å². The number of rotatable bonds is 4. The first kappa shape index (κ1) is 9.51. The van der Waals surface area contributed by atoms with Crippen LogP contribution in [0.25, 0.3) is 0 Å². The van der Waals surface area contributed by atoms with E-state index in [1.165, 1.54) is 6.92 Å². The quantitative estimate of drug-likeness (QED) is 0.451. The van der Waals surface area contributed by atoms with Gasteiger partial charge in [0.2, 0.25) is 0 Å². The molecule has 0 fully saturated rings. The third kappa shape index (κ3) is 8.51. The molecule has 0 nitrogen and oxygen atoms in total. The molecule has 0 aromatic carbocycles. The van der Waals surface area contributed by atoms with Gasteiger partial charge in [0.15, 0.2) is 5.13 Å². The normalized spacial score (nSPS) is 17.3. The average Bonchev–Trinajstić information content (AvgIpc) is 1.63. The smallest absolute Gasteiger partial charge is 0.180 e. The minimum Gasteiger partial charge on any atom is -0.227 e. The molecule has 0 bridgehead atoms. The maximum absolute atomic E-state index is 12.4. The molecular weight excluding hydrogens is 162 g/mol. The summed E-state index contributed by atoms with van der Waals surface area (Å²) in [5, 5.41) is -1.54. The molecule has 0 saturated heterocycles. The predicted molar refractivity (Wildman–Crippen MR) is 39.9 cm³/mol. The Morgan fingerprint density at radius 3 is 2.33 bits per heavy atom. The van der Waals surface area contributed by atoms with Gasteiger partial charge in [-0.25, -0.2) is 4.39 Å². The molecule has 0 aliphatic rings. The van der Waals surface area contributed by atoms with E-state index in [0.29, 0.717) is 12.3 Å². The molecule has 3 heteroatoms. The zero-order valence-electron chi connectivity index (χ0n) is 5.46. The zero-order chi connectivity index (χ0) is 7.33. The molecule has 1 atom stereocenters. The summed E-state index contributed by atoms with van der Waals surface area (Å²) in [5.74, 6) is 0.590. The fraction of sp³-hybridized carbons (Fsp3) is 1.00. The van der Waals surface area contributed by atoms with Crippen molar-refractivity contribution in [3.05, 3.63) is 0 Å². The first-order valence-corrected chi connectivity index (χ1v) is 3.91. The van der Waals surface area contributed by atoms with Crippen LogP contribution in [0.5, 0.6) is 0 Å². The molecule has 56 valence electrons. The number of unbranched alkanes of at least 4 members (excludes halogenated alkanes) is 1. The van der Waals surface area contributed by atoms with Gasteiger partial charge in [0, 0.05) is 5.88 Å².